The molecule has 180 valence electrons. The molecular formula is C20H13FN4O10. The Morgan fingerprint density at radius 3 is 1.66 bits per heavy atom. The number of rotatable bonds is 8. The molecule has 0 N–H and O–H groups in total. The van der Waals surface area contributed by atoms with Crippen molar-refractivity contribution in [2.24, 2.45) is 0 Å². The van der Waals surface area contributed by atoms with E-state index in [1.807, 2.05) is 0 Å². The fraction of sp³-hybridized carbons (Fsp3) is 0.100. The second-order valence-electron chi connectivity index (χ2n) is 6.81. The van der Waals surface area contributed by atoms with Gasteiger partial charge in [0.25, 0.3) is 11.4 Å². The summed E-state index contributed by atoms with van der Waals surface area (Å²) in [6.07, 6.45) is -0.718. The van der Waals surface area contributed by atoms with Gasteiger partial charge in [0.05, 0.1) is 28.9 Å². The zero-order valence-electron chi connectivity index (χ0n) is 17.4. The predicted octanol–water partition coefficient (Wildman–Crippen LogP) is 0.361. The number of hydrogen-bond donors (Lipinski definition) is 0. The smallest absolute Gasteiger partial charge is 0.332 e. The van der Waals surface area contributed by atoms with Crippen LogP contribution in [0, 0.1) is 26.0 Å². The Kier molecular flexibility index (Phi) is 7.09. The van der Waals surface area contributed by atoms with Gasteiger partial charge in [-0.05, 0) is 11.1 Å². The Morgan fingerprint density at radius 2 is 1.23 bits per heavy atom. The van der Waals surface area contributed by atoms with E-state index in [4.69, 9.17) is 4.84 Å². The first-order valence-electron chi connectivity index (χ1n) is 9.48. The monoisotopic (exact) mass is 488 g/mol. The highest BCUT2D eigenvalue weighted by atomic mass is 19.1. The van der Waals surface area contributed by atoms with Gasteiger partial charge in [-0.1, -0.05) is 29.0 Å². The molecule has 0 aliphatic heterocycles. The summed E-state index contributed by atoms with van der Waals surface area (Å²) < 4.78 is 13.8. The van der Waals surface area contributed by atoms with Gasteiger partial charge < -0.3 is 9.68 Å². The maximum atomic E-state index is 14.0. The van der Waals surface area contributed by atoms with Crippen LogP contribution in [0.25, 0.3) is 0 Å². The van der Waals surface area contributed by atoms with Gasteiger partial charge in [-0.25, -0.2) is 14.4 Å². The van der Waals surface area contributed by atoms with E-state index in [1.165, 1.54) is 24.3 Å². The first kappa shape index (κ1) is 24.4. The van der Waals surface area contributed by atoms with Crippen LogP contribution in [-0.2, 0) is 22.4 Å². The summed E-state index contributed by atoms with van der Waals surface area (Å²) >= 11 is 0. The number of halogens is 1. The molecule has 0 radical (unpaired) electrons. The molecule has 0 atom stereocenters. The lowest BCUT2D eigenvalue weighted by Crippen LogP contribution is -2.48. The Hall–Kier alpha value is -5.21. The van der Waals surface area contributed by atoms with Gasteiger partial charge in [-0.3, -0.25) is 25.0 Å². The molecule has 0 fully saturated rings. The minimum Gasteiger partial charge on any atom is -0.332 e. The van der Waals surface area contributed by atoms with Crippen molar-refractivity contribution in [3.05, 3.63) is 113 Å². The third-order valence-corrected chi connectivity index (χ3v) is 4.37. The fourth-order valence-corrected chi connectivity index (χ4v) is 2.71. The number of carbonyl (C=O) groups is 2. The normalized spacial score (nSPS) is 10.4. The van der Waals surface area contributed by atoms with Crippen LogP contribution < -0.4 is 20.9 Å². The zero-order chi connectivity index (χ0) is 25.7. The number of non-ortho nitro benzene ring substituents is 2. The van der Waals surface area contributed by atoms with E-state index < -0.39 is 51.7 Å². The van der Waals surface area contributed by atoms with E-state index in [-0.39, 0.29) is 38.2 Å². The lowest BCUT2D eigenvalue weighted by atomic mass is 10.1. The van der Waals surface area contributed by atoms with Crippen molar-refractivity contribution in [2.75, 3.05) is 0 Å². The highest BCUT2D eigenvalue weighted by Crippen LogP contribution is 2.13. The molecule has 0 bridgehead atoms. The second-order valence-corrected chi connectivity index (χ2v) is 6.81. The van der Waals surface area contributed by atoms with Crippen LogP contribution in [0.1, 0.15) is 11.1 Å². The molecule has 0 spiro atoms. The molecule has 1 heterocycles. The van der Waals surface area contributed by atoms with Crippen molar-refractivity contribution in [3.63, 3.8) is 0 Å². The number of nitro groups is 2. The number of aromatic nitrogens is 2. The summed E-state index contributed by atoms with van der Waals surface area (Å²) in [5, 5.41) is 21.3. The summed E-state index contributed by atoms with van der Waals surface area (Å²) in [6.45, 7) is 0. The minimum atomic E-state index is -1.63. The molecule has 1 aromatic heterocycles. The van der Waals surface area contributed by atoms with E-state index in [1.54, 1.807) is 0 Å². The van der Waals surface area contributed by atoms with Crippen LogP contribution in [0.4, 0.5) is 15.8 Å². The van der Waals surface area contributed by atoms with Gasteiger partial charge in [0.1, 0.15) is 0 Å². The van der Waals surface area contributed by atoms with Crippen LogP contribution in [0.15, 0.2) is 64.3 Å². The topological polar surface area (TPSA) is 183 Å². The van der Waals surface area contributed by atoms with Crippen molar-refractivity contribution in [1.29, 1.82) is 0 Å². The summed E-state index contributed by atoms with van der Waals surface area (Å²) in [5.41, 5.74) is -3.08. The molecule has 35 heavy (non-hydrogen) atoms. The Labute approximate surface area is 192 Å². The first-order chi connectivity index (χ1) is 16.5. The summed E-state index contributed by atoms with van der Waals surface area (Å²) in [5.74, 6) is -3.87. The molecule has 3 aromatic rings. The lowest BCUT2D eigenvalue weighted by Gasteiger charge is -2.10. The lowest BCUT2D eigenvalue weighted by molar-refractivity contribution is -0.385. The highest BCUT2D eigenvalue weighted by molar-refractivity contribution is 5.73. The van der Waals surface area contributed by atoms with Crippen molar-refractivity contribution >= 4 is 23.3 Å². The summed E-state index contributed by atoms with van der Waals surface area (Å²) in [7, 11) is 0. The molecule has 0 saturated heterocycles. The number of carbonyl (C=O) groups excluding carboxylic acids is 2. The van der Waals surface area contributed by atoms with Gasteiger partial charge in [-0.2, -0.15) is 4.39 Å². The van der Waals surface area contributed by atoms with Gasteiger partial charge in [0.2, 0.25) is 5.82 Å². The quantitative estimate of drug-likeness (QED) is 0.317. The van der Waals surface area contributed by atoms with E-state index in [2.05, 4.69) is 4.84 Å². The predicted molar refractivity (Wildman–Crippen MR) is 112 cm³/mol. The number of hydrogen-bond acceptors (Lipinski definition) is 10. The average molecular weight is 488 g/mol. The Balaban J connectivity index is 1.74. The van der Waals surface area contributed by atoms with Crippen LogP contribution in [0.2, 0.25) is 0 Å². The number of nitro benzene ring substituents is 2. The molecule has 0 aliphatic rings. The molecule has 2 aromatic carbocycles. The van der Waals surface area contributed by atoms with Crippen LogP contribution in [0.3, 0.4) is 0 Å². The standard InChI is InChI=1S/C20H13FN4O10/c21-16-11-22(34-17(26)9-12-1-5-14(6-2-12)24(30)31)20(29)23(19(16)28)35-18(27)10-13-3-7-15(8-4-13)25(32)33/h1-8,11H,9-10H2. The molecule has 0 aliphatic carbocycles. The van der Waals surface area contributed by atoms with Gasteiger partial charge in [0.15, 0.2) is 0 Å². The van der Waals surface area contributed by atoms with Crippen LogP contribution in [0.5, 0.6) is 0 Å². The SMILES string of the molecule is O=C(Cc1ccc([N+](=O)[O-])cc1)On1cc(F)c(=O)n(OC(=O)Cc2ccc([N+](=O)[O-])cc2)c1=O. The molecule has 15 heteroatoms. The van der Waals surface area contributed by atoms with Gasteiger partial charge in [-0.15, -0.1) is 4.73 Å². The van der Waals surface area contributed by atoms with E-state index >= 15 is 0 Å². The van der Waals surface area contributed by atoms with E-state index in [0.717, 1.165) is 24.3 Å². The number of nitrogens with zero attached hydrogens (tertiary/aromatic N) is 4. The third kappa shape index (κ3) is 5.98. The minimum absolute atomic E-state index is 0.0453. The van der Waals surface area contributed by atoms with Crippen molar-refractivity contribution in [1.82, 2.24) is 9.46 Å². The van der Waals surface area contributed by atoms with Crippen molar-refractivity contribution < 1.29 is 33.5 Å². The second kappa shape index (κ2) is 10.2. The fourth-order valence-electron chi connectivity index (χ4n) is 2.71. The zero-order valence-corrected chi connectivity index (χ0v) is 17.4. The first-order valence-corrected chi connectivity index (χ1v) is 9.48. The molecule has 0 unspecified atom stereocenters. The maximum Gasteiger partial charge on any atom is 0.398 e. The van der Waals surface area contributed by atoms with E-state index in [9.17, 15) is 43.8 Å². The summed E-state index contributed by atoms with van der Waals surface area (Å²) in [6, 6.07) is 9.53. The molecule has 14 nitrogen and oxygen atoms in total. The van der Waals surface area contributed by atoms with Crippen molar-refractivity contribution in [3.8, 4) is 0 Å². The van der Waals surface area contributed by atoms with E-state index in [0.29, 0.717) is 0 Å². The number of benzene rings is 2. The van der Waals surface area contributed by atoms with Crippen LogP contribution in [-0.4, -0.2) is 31.2 Å². The average Bonchev–Trinajstić information content (AvgIpc) is 2.81. The van der Waals surface area contributed by atoms with Crippen molar-refractivity contribution in [2.45, 2.75) is 12.8 Å². The van der Waals surface area contributed by atoms with Gasteiger partial charge in [0, 0.05) is 24.3 Å². The Bertz CT molecular complexity index is 1430. The van der Waals surface area contributed by atoms with Crippen LogP contribution >= 0.6 is 0 Å². The molecular weight excluding hydrogens is 475 g/mol. The molecule has 0 saturated carbocycles. The third-order valence-electron chi connectivity index (χ3n) is 4.37. The molecule has 0 amide bonds. The Morgan fingerprint density at radius 1 is 0.800 bits per heavy atom. The van der Waals surface area contributed by atoms with Gasteiger partial charge >= 0.3 is 23.2 Å². The highest BCUT2D eigenvalue weighted by Gasteiger charge is 2.19. The maximum absolute atomic E-state index is 14.0. The summed E-state index contributed by atoms with van der Waals surface area (Å²) in [4.78, 5) is 78.0. The molecule has 3 rings (SSSR count). The largest absolute Gasteiger partial charge is 0.398 e.